The van der Waals surface area contributed by atoms with Crippen LogP contribution in [0.2, 0.25) is 0 Å². The van der Waals surface area contributed by atoms with Gasteiger partial charge in [0.05, 0.1) is 14.2 Å². The Kier molecular flexibility index (Phi) is 7.05. The number of hydrogen-bond acceptors (Lipinski definition) is 4. The summed E-state index contributed by atoms with van der Waals surface area (Å²) >= 11 is 0. The number of ether oxygens (including phenoxy) is 3. The first kappa shape index (κ1) is 18.5. The molecule has 0 amide bonds. The van der Waals surface area contributed by atoms with E-state index in [2.05, 4.69) is 4.74 Å². The number of halogens is 3. The Morgan fingerprint density at radius 2 is 1.39 bits per heavy atom. The van der Waals surface area contributed by atoms with E-state index in [9.17, 15) is 13.2 Å². The third-order valence-electron chi connectivity index (χ3n) is 2.50. The maximum Gasteiger partial charge on any atom is 0.422 e. The van der Waals surface area contributed by atoms with Gasteiger partial charge in [0.1, 0.15) is 23.0 Å². The van der Waals surface area contributed by atoms with Crippen LogP contribution in [-0.2, 0) is 0 Å². The monoisotopic (exact) mass is 330 g/mol. The largest absolute Gasteiger partial charge is 0.508 e. The van der Waals surface area contributed by atoms with Gasteiger partial charge >= 0.3 is 6.18 Å². The minimum absolute atomic E-state index is 0.140. The highest BCUT2D eigenvalue weighted by Gasteiger charge is 2.28. The van der Waals surface area contributed by atoms with Crippen molar-refractivity contribution < 1.29 is 32.5 Å². The molecule has 0 aliphatic heterocycles. The van der Waals surface area contributed by atoms with Gasteiger partial charge in [0.25, 0.3) is 0 Å². The van der Waals surface area contributed by atoms with E-state index in [1.165, 1.54) is 19.2 Å². The molecule has 2 aromatic carbocycles. The predicted octanol–water partition coefficient (Wildman–Crippen LogP) is 4.04. The quantitative estimate of drug-likeness (QED) is 0.919. The summed E-state index contributed by atoms with van der Waals surface area (Å²) in [6, 6.07) is 12.7. The van der Waals surface area contributed by atoms with Crippen LogP contribution in [0.3, 0.4) is 0 Å². The molecule has 7 heteroatoms. The molecule has 0 spiro atoms. The van der Waals surface area contributed by atoms with Crippen molar-refractivity contribution in [3.8, 4) is 23.0 Å². The Balaban J connectivity index is 0.000000253. The Hall–Kier alpha value is -2.57. The smallest absolute Gasteiger partial charge is 0.422 e. The molecule has 0 saturated heterocycles. The lowest BCUT2D eigenvalue weighted by atomic mass is 10.3. The summed E-state index contributed by atoms with van der Waals surface area (Å²) in [4.78, 5) is 0. The number of methoxy groups -OCH3 is 2. The van der Waals surface area contributed by atoms with E-state index in [-0.39, 0.29) is 11.5 Å². The molecular formula is C16H17F3O4. The summed E-state index contributed by atoms with van der Waals surface area (Å²) in [5.41, 5.74) is 0. The van der Waals surface area contributed by atoms with Gasteiger partial charge in [0.15, 0.2) is 6.61 Å². The SMILES string of the molecule is COc1cccc(O)c1.COc1cccc(OCC(F)(F)F)c1. The molecule has 0 aliphatic carbocycles. The van der Waals surface area contributed by atoms with E-state index < -0.39 is 12.8 Å². The lowest BCUT2D eigenvalue weighted by Gasteiger charge is -2.09. The fraction of sp³-hybridized carbons (Fsp3) is 0.250. The molecule has 0 atom stereocenters. The predicted molar refractivity (Wildman–Crippen MR) is 79.2 cm³/mol. The van der Waals surface area contributed by atoms with Crippen molar-refractivity contribution in [2.45, 2.75) is 6.18 Å². The average molecular weight is 330 g/mol. The maximum atomic E-state index is 11.8. The van der Waals surface area contributed by atoms with Crippen LogP contribution in [0, 0.1) is 0 Å². The van der Waals surface area contributed by atoms with Crippen molar-refractivity contribution in [2.24, 2.45) is 0 Å². The number of hydrogen-bond donors (Lipinski definition) is 1. The normalized spacial score (nSPS) is 10.3. The molecule has 2 aromatic rings. The second-order valence-corrected chi connectivity index (χ2v) is 4.28. The van der Waals surface area contributed by atoms with Gasteiger partial charge in [0, 0.05) is 12.1 Å². The zero-order valence-corrected chi connectivity index (χ0v) is 12.6. The number of alkyl halides is 3. The highest BCUT2D eigenvalue weighted by atomic mass is 19.4. The van der Waals surface area contributed by atoms with Crippen LogP contribution >= 0.6 is 0 Å². The van der Waals surface area contributed by atoms with Crippen molar-refractivity contribution in [1.29, 1.82) is 0 Å². The molecule has 23 heavy (non-hydrogen) atoms. The van der Waals surface area contributed by atoms with Crippen LogP contribution in [0.5, 0.6) is 23.0 Å². The molecule has 0 saturated carbocycles. The van der Waals surface area contributed by atoms with Gasteiger partial charge in [0.2, 0.25) is 0 Å². The molecule has 0 bridgehead atoms. The Morgan fingerprint density at radius 3 is 1.87 bits per heavy atom. The lowest BCUT2D eigenvalue weighted by molar-refractivity contribution is -0.153. The number of phenolic OH excluding ortho intramolecular Hbond substituents is 1. The molecular weight excluding hydrogens is 313 g/mol. The Bertz CT molecular complexity index is 600. The van der Waals surface area contributed by atoms with E-state index in [0.29, 0.717) is 11.5 Å². The zero-order valence-electron chi connectivity index (χ0n) is 12.6. The summed E-state index contributed by atoms with van der Waals surface area (Å²) in [5, 5.41) is 8.86. The molecule has 126 valence electrons. The van der Waals surface area contributed by atoms with Crippen molar-refractivity contribution in [3.05, 3.63) is 48.5 Å². The van der Waals surface area contributed by atoms with Gasteiger partial charge in [-0.3, -0.25) is 0 Å². The number of benzene rings is 2. The highest BCUT2D eigenvalue weighted by Crippen LogP contribution is 2.22. The lowest BCUT2D eigenvalue weighted by Crippen LogP contribution is -2.19. The second-order valence-electron chi connectivity index (χ2n) is 4.28. The van der Waals surface area contributed by atoms with Gasteiger partial charge in [-0.05, 0) is 24.3 Å². The summed E-state index contributed by atoms with van der Waals surface area (Å²) in [7, 11) is 3.00. The summed E-state index contributed by atoms with van der Waals surface area (Å²) in [6.07, 6.45) is -4.32. The first-order chi connectivity index (χ1) is 10.8. The summed E-state index contributed by atoms with van der Waals surface area (Å²) in [6.45, 7) is -1.29. The number of aromatic hydroxyl groups is 1. The average Bonchev–Trinajstić information content (AvgIpc) is 2.53. The van der Waals surface area contributed by atoms with Crippen LogP contribution in [0.25, 0.3) is 0 Å². The molecule has 0 aromatic heterocycles. The van der Waals surface area contributed by atoms with Crippen molar-refractivity contribution >= 4 is 0 Å². The standard InChI is InChI=1S/C9H9F3O2.C7H8O2/c1-13-7-3-2-4-8(5-7)14-6-9(10,11)12;1-9-7-4-2-3-6(8)5-7/h2-5H,6H2,1H3;2-5,8H,1H3. The Morgan fingerprint density at radius 1 is 0.870 bits per heavy atom. The number of phenols is 1. The van der Waals surface area contributed by atoms with Gasteiger partial charge in [-0.15, -0.1) is 0 Å². The van der Waals surface area contributed by atoms with Crippen LogP contribution in [-0.4, -0.2) is 32.1 Å². The summed E-state index contributed by atoms with van der Waals surface area (Å²) < 4.78 is 49.5. The van der Waals surface area contributed by atoms with E-state index in [4.69, 9.17) is 14.6 Å². The topological polar surface area (TPSA) is 47.9 Å². The molecule has 0 unspecified atom stereocenters. The first-order valence-electron chi connectivity index (χ1n) is 6.50. The maximum absolute atomic E-state index is 11.8. The fourth-order valence-corrected chi connectivity index (χ4v) is 1.47. The Labute approximate surface area is 132 Å². The minimum atomic E-state index is -4.32. The fourth-order valence-electron chi connectivity index (χ4n) is 1.47. The van der Waals surface area contributed by atoms with Gasteiger partial charge in [-0.2, -0.15) is 13.2 Å². The van der Waals surface area contributed by atoms with E-state index in [0.717, 1.165) is 0 Å². The highest BCUT2D eigenvalue weighted by molar-refractivity contribution is 5.33. The second kappa shape index (κ2) is 8.77. The van der Waals surface area contributed by atoms with Crippen molar-refractivity contribution in [3.63, 3.8) is 0 Å². The zero-order chi connectivity index (χ0) is 17.3. The van der Waals surface area contributed by atoms with Crippen LogP contribution < -0.4 is 14.2 Å². The molecule has 0 fully saturated rings. The minimum Gasteiger partial charge on any atom is -0.508 e. The molecule has 0 aliphatic rings. The van der Waals surface area contributed by atoms with Crippen LogP contribution in [0.4, 0.5) is 13.2 Å². The van der Waals surface area contributed by atoms with E-state index in [1.807, 2.05) is 0 Å². The van der Waals surface area contributed by atoms with Crippen molar-refractivity contribution in [1.82, 2.24) is 0 Å². The molecule has 0 heterocycles. The van der Waals surface area contributed by atoms with Crippen LogP contribution in [0.1, 0.15) is 0 Å². The van der Waals surface area contributed by atoms with Gasteiger partial charge in [-0.1, -0.05) is 12.1 Å². The number of rotatable bonds is 4. The van der Waals surface area contributed by atoms with Gasteiger partial charge in [-0.25, -0.2) is 0 Å². The first-order valence-corrected chi connectivity index (χ1v) is 6.50. The third-order valence-corrected chi connectivity index (χ3v) is 2.50. The van der Waals surface area contributed by atoms with Crippen molar-refractivity contribution in [2.75, 3.05) is 20.8 Å². The van der Waals surface area contributed by atoms with E-state index in [1.54, 1.807) is 43.5 Å². The third kappa shape index (κ3) is 7.85. The molecule has 1 N–H and O–H groups in total. The van der Waals surface area contributed by atoms with Crippen LogP contribution in [0.15, 0.2) is 48.5 Å². The molecule has 2 rings (SSSR count). The molecule has 4 nitrogen and oxygen atoms in total. The van der Waals surface area contributed by atoms with Gasteiger partial charge < -0.3 is 19.3 Å². The van der Waals surface area contributed by atoms with E-state index >= 15 is 0 Å². The summed E-state index contributed by atoms with van der Waals surface area (Å²) in [5.74, 6) is 1.51. The molecule has 0 radical (unpaired) electrons.